The van der Waals surface area contributed by atoms with Crippen molar-refractivity contribution in [2.45, 2.75) is 19.4 Å². The van der Waals surface area contributed by atoms with Crippen LogP contribution in [0, 0.1) is 12.3 Å². The van der Waals surface area contributed by atoms with E-state index in [1.165, 1.54) is 0 Å². The van der Waals surface area contributed by atoms with Crippen molar-refractivity contribution in [1.82, 2.24) is 10.2 Å². The summed E-state index contributed by atoms with van der Waals surface area (Å²) in [7, 11) is 0. The Morgan fingerprint density at radius 3 is 2.71 bits per heavy atom. The highest BCUT2D eigenvalue weighted by molar-refractivity contribution is 6.34. The van der Waals surface area contributed by atoms with Gasteiger partial charge in [0, 0.05) is 10.8 Å². The van der Waals surface area contributed by atoms with E-state index in [0.29, 0.717) is 11.0 Å². The topological polar surface area (TPSA) is 37.8 Å². The van der Waals surface area contributed by atoms with E-state index in [-0.39, 0.29) is 6.04 Å². The predicted octanol–water partition coefficient (Wildman–Crippen LogP) is 3.11. The normalized spacial score (nSPS) is 12.1. The van der Waals surface area contributed by atoms with Crippen LogP contribution in [0.3, 0.4) is 0 Å². The number of aromatic nitrogens is 2. The largest absolute Gasteiger partial charge is 0.354 e. The lowest BCUT2D eigenvalue weighted by molar-refractivity contribution is 0.845. The van der Waals surface area contributed by atoms with E-state index < -0.39 is 0 Å². The molecule has 0 saturated heterocycles. The number of halogens is 1. The molecule has 1 unspecified atom stereocenters. The lowest BCUT2D eigenvalue weighted by Crippen LogP contribution is -2.17. The molecule has 4 heteroatoms. The van der Waals surface area contributed by atoms with Gasteiger partial charge in [0.25, 0.3) is 0 Å². The van der Waals surface area contributed by atoms with E-state index in [4.69, 9.17) is 18.0 Å². The van der Waals surface area contributed by atoms with E-state index in [1.807, 2.05) is 31.2 Å². The fraction of sp³-hybridized carbons (Fsp3) is 0.231. The van der Waals surface area contributed by atoms with Crippen LogP contribution in [0.5, 0.6) is 0 Å². The molecule has 0 radical (unpaired) electrons. The van der Waals surface area contributed by atoms with Gasteiger partial charge in [-0.1, -0.05) is 48.7 Å². The first-order chi connectivity index (χ1) is 8.26. The predicted molar refractivity (Wildman–Crippen MR) is 71.1 cm³/mol. The zero-order valence-corrected chi connectivity index (χ0v) is 10.2. The molecule has 1 N–H and O–H groups in total. The zero-order chi connectivity index (χ0) is 12.3. The van der Waals surface area contributed by atoms with Crippen molar-refractivity contribution in [3.8, 4) is 12.3 Å². The Morgan fingerprint density at radius 2 is 2.06 bits per heavy atom. The maximum atomic E-state index is 5.99. The Labute approximate surface area is 105 Å². The lowest BCUT2D eigenvalue weighted by Gasteiger charge is -2.12. The first kappa shape index (κ1) is 11.7. The number of benzene rings is 1. The molecule has 1 aromatic heterocycles. The highest BCUT2D eigenvalue weighted by Crippen LogP contribution is 2.25. The molecular formula is C13H12ClN3. The highest BCUT2D eigenvalue weighted by atomic mass is 35.5. The summed E-state index contributed by atoms with van der Waals surface area (Å²) >= 11 is 5.99. The molecule has 3 nitrogen and oxygen atoms in total. The number of nitrogens with one attached hydrogen (secondary N) is 1. The first-order valence-corrected chi connectivity index (χ1v) is 5.77. The molecular weight excluding hydrogens is 234 g/mol. The van der Waals surface area contributed by atoms with Crippen LogP contribution in [-0.4, -0.2) is 16.2 Å². The average Bonchev–Trinajstić information content (AvgIpc) is 2.38. The summed E-state index contributed by atoms with van der Waals surface area (Å²) in [5, 5.41) is 13.4. The van der Waals surface area contributed by atoms with E-state index in [1.54, 1.807) is 0 Å². The Bertz CT molecular complexity index is 574. The van der Waals surface area contributed by atoms with Crippen molar-refractivity contribution in [2.24, 2.45) is 0 Å². The molecule has 0 aliphatic rings. The summed E-state index contributed by atoms with van der Waals surface area (Å²) in [5.74, 6) is 3.34. The summed E-state index contributed by atoms with van der Waals surface area (Å²) in [5.41, 5.74) is 0. The Kier molecular flexibility index (Phi) is 3.46. The van der Waals surface area contributed by atoms with Crippen LogP contribution in [-0.2, 0) is 0 Å². The molecule has 2 aromatic rings. The van der Waals surface area contributed by atoms with E-state index in [0.717, 1.165) is 17.2 Å². The summed E-state index contributed by atoms with van der Waals surface area (Å²) in [6.45, 7) is 2.02. The summed E-state index contributed by atoms with van der Waals surface area (Å²) < 4.78 is 0. The van der Waals surface area contributed by atoms with Gasteiger partial charge in [-0.05, 0) is 6.42 Å². The Morgan fingerprint density at radius 1 is 1.35 bits per heavy atom. The maximum Gasteiger partial charge on any atom is 0.159 e. The van der Waals surface area contributed by atoms with Gasteiger partial charge in [-0.25, -0.2) is 0 Å². The number of rotatable bonds is 3. The Balaban J connectivity index is 2.49. The van der Waals surface area contributed by atoms with Crippen molar-refractivity contribution < 1.29 is 0 Å². The van der Waals surface area contributed by atoms with E-state index in [2.05, 4.69) is 21.4 Å². The van der Waals surface area contributed by atoms with Gasteiger partial charge in [0.2, 0.25) is 0 Å². The van der Waals surface area contributed by atoms with Crippen molar-refractivity contribution in [3.63, 3.8) is 0 Å². The fourth-order valence-electron chi connectivity index (χ4n) is 1.60. The van der Waals surface area contributed by atoms with Gasteiger partial charge in [0.05, 0.1) is 6.04 Å². The molecule has 17 heavy (non-hydrogen) atoms. The van der Waals surface area contributed by atoms with E-state index in [9.17, 15) is 0 Å². The second-order valence-corrected chi connectivity index (χ2v) is 4.01. The van der Waals surface area contributed by atoms with Gasteiger partial charge < -0.3 is 5.32 Å². The molecule has 0 aliphatic carbocycles. The fourth-order valence-corrected chi connectivity index (χ4v) is 1.81. The minimum absolute atomic E-state index is 0.0473. The number of terminal acetylenes is 1. The molecule has 0 bridgehead atoms. The Hall–Kier alpha value is -1.79. The zero-order valence-electron chi connectivity index (χ0n) is 9.44. The van der Waals surface area contributed by atoms with Crippen LogP contribution in [0.25, 0.3) is 10.8 Å². The van der Waals surface area contributed by atoms with Gasteiger partial charge in [0.1, 0.15) is 0 Å². The molecule has 0 fully saturated rings. The van der Waals surface area contributed by atoms with Crippen LogP contribution < -0.4 is 5.32 Å². The minimum atomic E-state index is -0.0473. The van der Waals surface area contributed by atoms with Crippen LogP contribution >= 0.6 is 11.6 Å². The number of hydrogen-bond acceptors (Lipinski definition) is 3. The third kappa shape index (κ3) is 2.32. The molecule has 0 aliphatic heterocycles. The first-order valence-electron chi connectivity index (χ1n) is 5.39. The van der Waals surface area contributed by atoms with Crippen molar-refractivity contribution >= 4 is 28.2 Å². The smallest absolute Gasteiger partial charge is 0.159 e. The molecule has 1 aromatic carbocycles. The molecule has 1 atom stereocenters. The molecule has 2 rings (SSSR count). The van der Waals surface area contributed by atoms with Crippen molar-refractivity contribution in [3.05, 3.63) is 29.4 Å². The summed E-state index contributed by atoms with van der Waals surface area (Å²) in [6.07, 6.45) is 6.25. The minimum Gasteiger partial charge on any atom is -0.354 e. The molecule has 1 heterocycles. The quantitative estimate of drug-likeness (QED) is 0.845. The standard InChI is InChI=1S/C13H12ClN3/c1-3-9(4-2)15-13-11-8-6-5-7-10(11)12(14)16-17-13/h1,5-9H,4H2,2H3,(H,15,17). The van der Waals surface area contributed by atoms with Gasteiger partial charge in [-0.2, -0.15) is 0 Å². The maximum absolute atomic E-state index is 5.99. The number of nitrogens with zero attached hydrogens (tertiary/aromatic N) is 2. The molecule has 0 saturated carbocycles. The number of anilines is 1. The second kappa shape index (κ2) is 5.03. The number of fused-ring (bicyclic) bond motifs is 1. The van der Waals surface area contributed by atoms with Crippen LogP contribution in [0.15, 0.2) is 24.3 Å². The van der Waals surface area contributed by atoms with Crippen LogP contribution in [0.4, 0.5) is 5.82 Å². The SMILES string of the molecule is C#CC(CC)Nc1nnc(Cl)c2ccccc12. The monoisotopic (exact) mass is 245 g/mol. The van der Waals surface area contributed by atoms with Crippen molar-refractivity contribution in [1.29, 1.82) is 0 Å². The second-order valence-electron chi connectivity index (χ2n) is 3.66. The van der Waals surface area contributed by atoms with Gasteiger partial charge in [-0.3, -0.25) is 0 Å². The third-order valence-electron chi connectivity index (χ3n) is 2.56. The molecule has 0 spiro atoms. The van der Waals surface area contributed by atoms with Crippen molar-refractivity contribution in [2.75, 3.05) is 5.32 Å². The summed E-state index contributed by atoms with van der Waals surface area (Å²) in [4.78, 5) is 0. The van der Waals surface area contributed by atoms with Crippen LogP contribution in [0.1, 0.15) is 13.3 Å². The third-order valence-corrected chi connectivity index (χ3v) is 2.84. The van der Waals surface area contributed by atoms with Gasteiger partial charge in [0.15, 0.2) is 11.0 Å². The highest BCUT2D eigenvalue weighted by Gasteiger charge is 2.09. The van der Waals surface area contributed by atoms with Gasteiger partial charge >= 0.3 is 0 Å². The van der Waals surface area contributed by atoms with Gasteiger partial charge in [-0.15, -0.1) is 16.6 Å². The van der Waals surface area contributed by atoms with Crippen LogP contribution in [0.2, 0.25) is 5.15 Å². The lowest BCUT2D eigenvalue weighted by atomic mass is 10.1. The summed E-state index contributed by atoms with van der Waals surface area (Å²) in [6, 6.07) is 7.66. The van der Waals surface area contributed by atoms with E-state index >= 15 is 0 Å². The molecule has 86 valence electrons. The number of hydrogen-bond donors (Lipinski definition) is 1. The molecule has 0 amide bonds. The average molecular weight is 246 g/mol.